The van der Waals surface area contributed by atoms with Crippen molar-refractivity contribution in [2.75, 3.05) is 0 Å². The van der Waals surface area contributed by atoms with Gasteiger partial charge in [-0.1, -0.05) is 29.8 Å². The van der Waals surface area contributed by atoms with Crippen molar-refractivity contribution in [3.8, 4) is 5.75 Å². The van der Waals surface area contributed by atoms with Crippen molar-refractivity contribution in [1.82, 2.24) is 5.43 Å². The Labute approximate surface area is 170 Å². The van der Waals surface area contributed by atoms with Gasteiger partial charge >= 0.3 is 5.91 Å². The molecule has 7 heteroatoms. The fourth-order valence-corrected chi connectivity index (χ4v) is 2.96. The highest BCUT2D eigenvalue weighted by Crippen LogP contribution is 2.27. The minimum Gasteiger partial charge on any atom is -0.488 e. The Bertz CT molecular complexity index is 985. The molecule has 138 valence electrons. The van der Waals surface area contributed by atoms with Crippen LogP contribution in [0.1, 0.15) is 27.4 Å². The molecule has 0 aliphatic heterocycles. The highest BCUT2D eigenvalue weighted by molar-refractivity contribution is 9.10. The highest BCUT2D eigenvalue weighted by Gasteiger charge is 2.08. The van der Waals surface area contributed by atoms with Crippen molar-refractivity contribution in [2.45, 2.75) is 13.5 Å². The third-order valence-electron chi connectivity index (χ3n) is 3.64. The van der Waals surface area contributed by atoms with E-state index in [9.17, 15) is 4.79 Å². The molecule has 5 nitrogen and oxygen atoms in total. The van der Waals surface area contributed by atoms with E-state index in [2.05, 4.69) is 26.5 Å². The second kappa shape index (κ2) is 8.88. The number of hydrogen-bond acceptors (Lipinski definition) is 4. The van der Waals surface area contributed by atoms with E-state index in [0.29, 0.717) is 23.1 Å². The number of rotatable bonds is 6. The first kappa shape index (κ1) is 19.2. The number of hydrogen-bond donors (Lipinski definition) is 1. The Morgan fingerprint density at radius 1 is 1.26 bits per heavy atom. The zero-order chi connectivity index (χ0) is 19.2. The molecule has 0 saturated carbocycles. The molecule has 0 spiro atoms. The van der Waals surface area contributed by atoms with Crippen LogP contribution in [0.4, 0.5) is 0 Å². The predicted molar refractivity (Wildman–Crippen MR) is 108 cm³/mol. The molecular formula is C20H16BrClN2O3. The van der Waals surface area contributed by atoms with E-state index >= 15 is 0 Å². The minimum atomic E-state index is -0.405. The van der Waals surface area contributed by atoms with E-state index in [4.69, 9.17) is 20.8 Å². The fraction of sp³-hybridized carbons (Fsp3) is 0.100. The standard InChI is InChI=1S/C20H16BrClN2O3/c1-13-6-8-19(27-13)20(25)24-23-11-14-7-9-18(16(21)10-14)26-12-15-4-2-3-5-17(15)22/h2-11H,12H2,1H3,(H,24,25)/b23-11+. The number of nitrogens with zero attached hydrogens (tertiary/aromatic N) is 1. The maximum atomic E-state index is 11.9. The first-order valence-corrected chi connectivity index (χ1v) is 9.25. The molecule has 1 amide bonds. The summed E-state index contributed by atoms with van der Waals surface area (Å²) in [4.78, 5) is 11.9. The molecule has 0 atom stereocenters. The number of hydrazone groups is 1. The number of carbonyl (C=O) groups is 1. The van der Waals surface area contributed by atoms with Gasteiger partial charge in [0.25, 0.3) is 0 Å². The van der Waals surface area contributed by atoms with Gasteiger partial charge in [0.15, 0.2) is 5.76 Å². The van der Waals surface area contributed by atoms with Crippen LogP contribution in [-0.2, 0) is 6.61 Å². The number of halogens is 2. The van der Waals surface area contributed by atoms with E-state index in [1.807, 2.05) is 42.5 Å². The van der Waals surface area contributed by atoms with Gasteiger partial charge in [-0.2, -0.15) is 5.10 Å². The van der Waals surface area contributed by atoms with Crippen LogP contribution >= 0.6 is 27.5 Å². The van der Waals surface area contributed by atoms with E-state index < -0.39 is 5.91 Å². The third kappa shape index (κ3) is 5.21. The molecule has 0 fully saturated rings. The van der Waals surface area contributed by atoms with Crippen LogP contribution in [0.2, 0.25) is 5.02 Å². The van der Waals surface area contributed by atoms with Gasteiger partial charge in [0, 0.05) is 10.6 Å². The molecule has 0 bridgehead atoms. The van der Waals surface area contributed by atoms with Crippen molar-refractivity contribution in [1.29, 1.82) is 0 Å². The topological polar surface area (TPSA) is 63.8 Å². The molecule has 0 radical (unpaired) electrons. The summed E-state index contributed by atoms with van der Waals surface area (Å²) >= 11 is 9.61. The Morgan fingerprint density at radius 3 is 2.78 bits per heavy atom. The third-order valence-corrected chi connectivity index (χ3v) is 4.63. The van der Waals surface area contributed by atoms with Crippen molar-refractivity contribution in [2.24, 2.45) is 5.10 Å². The van der Waals surface area contributed by atoms with E-state index in [1.165, 1.54) is 6.21 Å². The number of carbonyl (C=O) groups excluding carboxylic acids is 1. The average Bonchev–Trinajstić information content (AvgIpc) is 3.09. The second-order valence-corrected chi connectivity index (χ2v) is 6.94. The Kier molecular flexibility index (Phi) is 6.32. The smallest absolute Gasteiger partial charge is 0.307 e. The van der Waals surface area contributed by atoms with Crippen LogP contribution in [-0.4, -0.2) is 12.1 Å². The Morgan fingerprint density at radius 2 is 2.07 bits per heavy atom. The summed E-state index contributed by atoms with van der Waals surface area (Å²) in [5.41, 5.74) is 4.13. The predicted octanol–water partition coefficient (Wildman–Crippen LogP) is 5.35. The molecule has 1 aromatic heterocycles. The lowest BCUT2D eigenvalue weighted by Gasteiger charge is -2.10. The lowest BCUT2D eigenvalue weighted by molar-refractivity contribution is 0.0926. The zero-order valence-electron chi connectivity index (χ0n) is 14.4. The van der Waals surface area contributed by atoms with Crippen molar-refractivity contribution >= 4 is 39.7 Å². The second-order valence-electron chi connectivity index (χ2n) is 5.68. The first-order chi connectivity index (χ1) is 13.0. The van der Waals surface area contributed by atoms with Crippen molar-refractivity contribution in [3.05, 3.63) is 86.7 Å². The van der Waals surface area contributed by atoms with E-state index in [0.717, 1.165) is 15.6 Å². The molecular weight excluding hydrogens is 432 g/mol. The summed E-state index contributed by atoms with van der Waals surface area (Å²) in [5.74, 6) is 1.16. The van der Waals surface area contributed by atoms with E-state index in [1.54, 1.807) is 19.1 Å². The van der Waals surface area contributed by atoms with Crippen molar-refractivity contribution < 1.29 is 13.9 Å². The van der Waals surface area contributed by atoms with Crippen LogP contribution < -0.4 is 10.2 Å². The highest BCUT2D eigenvalue weighted by atomic mass is 79.9. The summed E-state index contributed by atoms with van der Waals surface area (Å²) < 4.78 is 11.8. The summed E-state index contributed by atoms with van der Waals surface area (Å²) in [7, 11) is 0. The zero-order valence-corrected chi connectivity index (χ0v) is 16.8. The molecule has 0 aliphatic rings. The summed E-state index contributed by atoms with van der Waals surface area (Å²) in [6, 6.07) is 16.3. The van der Waals surface area contributed by atoms with Crippen LogP contribution in [0.3, 0.4) is 0 Å². The molecule has 27 heavy (non-hydrogen) atoms. The average molecular weight is 448 g/mol. The minimum absolute atomic E-state index is 0.217. The van der Waals surface area contributed by atoms with Gasteiger partial charge in [0.1, 0.15) is 18.1 Å². The fourth-order valence-electron chi connectivity index (χ4n) is 2.26. The molecule has 0 unspecified atom stereocenters. The molecule has 3 aromatic rings. The van der Waals surface area contributed by atoms with Gasteiger partial charge < -0.3 is 9.15 Å². The summed E-state index contributed by atoms with van der Waals surface area (Å²) in [6.07, 6.45) is 1.54. The summed E-state index contributed by atoms with van der Waals surface area (Å²) in [5, 5.41) is 4.61. The normalized spacial score (nSPS) is 10.9. The lowest BCUT2D eigenvalue weighted by atomic mass is 10.2. The van der Waals surface area contributed by atoms with Gasteiger partial charge in [-0.05, 0) is 64.8 Å². The van der Waals surface area contributed by atoms with Crippen LogP contribution in [0.25, 0.3) is 0 Å². The number of furan rings is 1. The SMILES string of the molecule is Cc1ccc(C(=O)N/N=C/c2ccc(OCc3ccccc3Cl)c(Br)c2)o1. The number of aryl methyl sites for hydroxylation is 1. The maximum Gasteiger partial charge on any atom is 0.307 e. The van der Waals surface area contributed by atoms with Crippen molar-refractivity contribution in [3.63, 3.8) is 0 Å². The lowest BCUT2D eigenvalue weighted by Crippen LogP contribution is -2.16. The van der Waals surface area contributed by atoms with Crippen LogP contribution in [0.15, 0.2) is 68.6 Å². The van der Waals surface area contributed by atoms with E-state index in [-0.39, 0.29) is 5.76 Å². The number of ether oxygens (including phenoxy) is 1. The van der Waals surface area contributed by atoms with Gasteiger partial charge in [0.2, 0.25) is 0 Å². The summed E-state index contributed by atoms with van der Waals surface area (Å²) in [6.45, 7) is 2.14. The number of nitrogens with one attached hydrogen (secondary N) is 1. The number of amides is 1. The van der Waals surface area contributed by atoms with Crippen LogP contribution in [0, 0.1) is 6.92 Å². The molecule has 2 aromatic carbocycles. The largest absolute Gasteiger partial charge is 0.488 e. The van der Waals surface area contributed by atoms with Crippen LogP contribution in [0.5, 0.6) is 5.75 Å². The molecule has 1 heterocycles. The molecule has 0 aliphatic carbocycles. The Balaban J connectivity index is 1.59. The van der Waals surface area contributed by atoms with Gasteiger partial charge in [-0.3, -0.25) is 4.79 Å². The van der Waals surface area contributed by atoms with Gasteiger partial charge in [-0.15, -0.1) is 0 Å². The quantitative estimate of drug-likeness (QED) is 0.409. The molecule has 1 N–H and O–H groups in total. The molecule has 0 saturated heterocycles. The Hall–Kier alpha value is -2.57. The maximum absolute atomic E-state index is 11.9. The number of benzene rings is 2. The molecule has 3 rings (SSSR count). The first-order valence-electron chi connectivity index (χ1n) is 8.08. The van der Waals surface area contributed by atoms with Gasteiger partial charge in [-0.25, -0.2) is 5.43 Å². The van der Waals surface area contributed by atoms with Gasteiger partial charge in [0.05, 0.1) is 10.7 Å². The monoisotopic (exact) mass is 446 g/mol.